The minimum absolute atomic E-state index is 0.0292. The van der Waals surface area contributed by atoms with E-state index in [0.717, 1.165) is 9.13 Å². The fraction of sp³-hybridized carbons (Fsp3) is 0.467. The topological polar surface area (TPSA) is 57.6 Å². The van der Waals surface area contributed by atoms with Crippen LogP contribution in [0.15, 0.2) is 18.2 Å². The van der Waals surface area contributed by atoms with Crippen molar-refractivity contribution in [3.8, 4) is 0 Å². The number of carbonyl (C=O) groups is 2. The number of carbonyl (C=O) groups excluding carboxylic acids is 1. The molecular formula is C15H20INO3. The Hall–Kier alpha value is -1.11. The van der Waals surface area contributed by atoms with Crippen molar-refractivity contribution in [2.24, 2.45) is 0 Å². The maximum absolute atomic E-state index is 12.6. The van der Waals surface area contributed by atoms with Crippen LogP contribution in [0.5, 0.6) is 0 Å². The number of aliphatic carboxylic acids is 1. The van der Waals surface area contributed by atoms with Crippen LogP contribution in [0.3, 0.4) is 0 Å². The van der Waals surface area contributed by atoms with Gasteiger partial charge in [0, 0.05) is 22.6 Å². The lowest BCUT2D eigenvalue weighted by Gasteiger charge is -2.27. The van der Waals surface area contributed by atoms with Crippen molar-refractivity contribution < 1.29 is 14.7 Å². The summed E-state index contributed by atoms with van der Waals surface area (Å²) in [4.78, 5) is 24.9. The van der Waals surface area contributed by atoms with Gasteiger partial charge >= 0.3 is 5.97 Å². The van der Waals surface area contributed by atoms with E-state index in [1.807, 2.05) is 39.0 Å². The van der Waals surface area contributed by atoms with Crippen LogP contribution in [0.25, 0.3) is 0 Å². The highest BCUT2D eigenvalue weighted by atomic mass is 127. The molecule has 0 saturated heterocycles. The molecule has 0 aliphatic heterocycles. The van der Waals surface area contributed by atoms with E-state index in [2.05, 4.69) is 22.6 Å². The largest absolute Gasteiger partial charge is 0.481 e. The van der Waals surface area contributed by atoms with Crippen LogP contribution in [0.4, 0.5) is 0 Å². The van der Waals surface area contributed by atoms with Crippen molar-refractivity contribution >= 4 is 34.5 Å². The summed E-state index contributed by atoms with van der Waals surface area (Å²) in [7, 11) is 0. The predicted octanol–water partition coefficient (Wildman–Crippen LogP) is 3.32. The molecule has 0 aromatic heterocycles. The summed E-state index contributed by atoms with van der Waals surface area (Å²) in [5.41, 5.74) is 1.76. The first kappa shape index (κ1) is 16.9. The highest BCUT2D eigenvalue weighted by Crippen LogP contribution is 2.19. The number of rotatable bonds is 6. The molecule has 110 valence electrons. The van der Waals surface area contributed by atoms with Crippen molar-refractivity contribution in [2.45, 2.75) is 39.7 Å². The molecule has 0 heterocycles. The number of hydrogen-bond donors (Lipinski definition) is 1. The average molecular weight is 389 g/mol. The third-order valence-corrected chi connectivity index (χ3v) is 4.53. The van der Waals surface area contributed by atoms with Gasteiger partial charge in [-0.1, -0.05) is 12.1 Å². The van der Waals surface area contributed by atoms with Crippen molar-refractivity contribution in [3.63, 3.8) is 0 Å². The monoisotopic (exact) mass is 389 g/mol. The van der Waals surface area contributed by atoms with Gasteiger partial charge in [-0.2, -0.15) is 0 Å². The maximum Gasteiger partial charge on any atom is 0.303 e. The molecule has 0 atom stereocenters. The Bertz CT molecular complexity index is 500. The van der Waals surface area contributed by atoms with Crippen molar-refractivity contribution in [3.05, 3.63) is 32.9 Å². The molecule has 0 saturated carbocycles. The van der Waals surface area contributed by atoms with E-state index < -0.39 is 5.97 Å². The van der Waals surface area contributed by atoms with Gasteiger partial charge in [0.25, 0.3) is 5.91 Å². The molecule has 0 spiro atoms. The highest BCUT2D eigenvalue weighted by molar-refractivity contribution is 14.1. The molecule has 20 heavy (non-hydrogen) atoms. The van der Waals surface area contributed by atoms with Gasteiger partial charge in [0.05, 0.1) is 5.56 Å². The molecule has 1 aromatic rings. The SMILES string of the molecule is Cc1cccc(C(=O)N(CCCC(=O)O)C(C)C)c1I. The third-order valence-electron chi connectivity index (χ3n) is 3.10. The van der Waals surface area contributed by atoms with Gasteiger partial charge in [-0.3, -0.25) is 9.59 Å². The summed E-state index contributed by atoms with van der Waals surface area (Å²) in [6.07, 6.45) is 0.559. The quantitative estimate of drug-likeness (QED) is 0.760. The minimum atomic E-state index is -0.828. The standard InChI is InChI=1S/C15H20INO3/c1-10(2)17(9-5-8-13(18)19)15(20)12-7-4-6-11(3)14(12)16/h4,6-7,10H,5,8-9H2,1-3H3,(H,18,19). The fourth-order valence-corrected chi connectivity index (χ4v) is 2.55. The molecule has 0 bridgehead atoms. The van der Waals surface area contributed by atoms with Crippen LogP contribution in [0, 0.1) is 10.5 Å². The number of benzene rings is 1. The number of amides is 1. The smallest absolute Gasteiger partial charge is 0.303 e. The second kappa shape index (κ2) is 7.61. The second-order valence-electron chi connectivity index (χ2n) is 5.03. The molecule has 4 nitrogen and oxygen atoms in total. The van der Waals surface area contributed by atoms with E-state index in [9.17, 15) is 9.59 Å². The van der Waals surface area contributed by atoms with Crippen LogP contribution in [0.2, 0.25) is 0 Å². The summed E-state index contributed by atoms with van der Waals surface area (Å²) >= 11 is 2.18. The van der Waals surface area contributed by atoms with Gasteiger partial charge in [0.15, 0.2) is 0 Å². The first-order valence-corrected chi connectivity index (χ1v) is 7.70. The van der Waals surface area contributed by atoms with Gasteiger partial charge in [-0.25, -0.2) is 0 Å². The normalized spacial score (nSPS) is 10.7. The summed E-state index contributed by atoms with van der Waals surface area (Å²) in [6, 6.07) is 5.72. The van der Waals surface area contributed by atoms with Gasteiger partial charge in [-0.15, -0.1) is 0 Å². The molecule has 1 N–H and O–H groups in total. The first-order valence-electron chi connectivity index (χ1n) is 6.62. The highest BCUT2D eigenvalue weighted by Gasteiger charge is 2.21. The van der Waals surface area contributed by atoms with Crippen LogP contribution >= 0.6 is 22.6 Å². The van der Waals surface area contributed by atoms with Gasteiger partial charge < -0.3 is 10.0 Å². The number of carboxylic acid groups (broad SMARTS) is 1. The number of hydrogen-bond acceptors (Lipinski definition) is 2. The molecular weight excluding hydrogens is 369 g/mol. The molecule has 0 fully saturated rings. The summed E-state index contributed by atoms with van der Waals surface area (Å²) in [6.45, 7) is 6.33. The van der Waals surface area contributed by atoms with E-state index in [1.165, 1.54) is 0 Å². The number of carboxylic acids is 1. The Labute approximate surface area is 133 Å². The Balaban J connectivity index is 2.88. The Morgan fingerprint density at radius 1 is 1.35 bits per heavy atom. The number of nitrogens with zero attached hydrogens (tertiary/aromatic N) is 1. The molecule has 0 aliphatic carbocycles. The van der Waals surface area contributed by atoms with E-state index in [0.29, 0.717) is 18.5 Å². The molecule has 0 unspecified atom stereocenters. The summed E-state index contributed by atoms with van der Waals surface area (Å²) in [5, 5.41) is 8.70. The maximum atomic E-state index is 12.6. The lowest BCUT2D eigenvalue weighted by atomic mass is 10.1. The van der Waals surface area contributed by atoms with Gasteiger partial charge in [-0.05, 0) is 61.4 Å². The Morgan fingerprint density at radius 3 is 2.55 bits per heavy atom. The molecule has 1 rings (SSSR count). The lowest BCUT2D eigenvalue weighted by Crippen LogP contribution is -2.38. The van der Waals surface area contributed by atoms with Crippen LogP contribution in [-0.4, -0.2) is 34.5 Å². The van der Waals surface area contributed by atoms with Crippen LogP contribution in [-0.2, 0) is 4.79 Å². The molecule has 1 amide bonds. The van der Waals surface area contributed by atoms with E-state index in [4.69, 9.17) is 5.11 Å². The number of halogens is 1. The van der Waals surface area contributed by atoms with E-state index in [-0.39, 0.29) is 18.4 Å². The Morgan fingerprint density at radius 2 is 2.00 bits per heavy atom. The van der Waals surface area contributed by atoms with Crippen molar-refractivity contribution in [2.75, 3.05) is 6.54 Å². The van der Waals surface area contributed by atoms with Crippen LogP contribution < -0.4 is 0 Å². The predicted molar refractivity (Wildman–Crippen MR) is 86.9 cm³/mol. The lowest BCUT2D eigenvalue weighted by molar-refractivity contribution is -0.137. The second-order valence-corrected chi connectivity index (χ2v) is 6.10. The minimum Gasteiger partial charge on any atom is -0.481 e. The summed E-state index contributed by atoms with van der Waals surface area (Å²) in [5.74, 6) is -0.857. The van der Waals surface area contributed by atoms with Gasteiger partial charge in [0.1, 0.15) is 0 Å². The molecule has 0 radical (unpaired) electrons. The van der Waals surface area contributed by atoms with Gasteiger partial charge in [0.2, 0.25) is 0 Å². The van der Waals surface area contributed by atoms with Crippen molar-refractivity contribution in [1.29, 1.82) is 0 Å². The average Bonchev–Trinajstić information content (AvgIpc) is 2.36. The molecule has 0 aliphatic rings. The van der Waals surface area contributed by atoms with E-state index >= 15 is 0 Å². The molecule has 1 aromatic carbocycles. The zero-order valence-electron chi connectivity index (χ0n) is 12.0. The zero-order chi connectivity index (χ0) is 15.3. The van der Waals surface area contributed by atoms with Crippen molar-refractivity contribution in [1.82, 2.24) is 4.90 Å². The first-order chi connectivity index (χ1) is 9.34. The van der Waals surface area contributed by atoms with Crippen LogP contribution in [0.1, 0.15) is 42.6 Å². The Kier molecular flexibility index (Phi) is 6.45. The summed E-state index contributed by atoms with van der Waals surface area (Å²) < 4.78 is 0.957. The third kappa shape index (κ3) is 4.47. The molecule has 5 heteroatoms. The number of aryl methyl sites for hydroxylation is 1. The fourth-order valence-electron chi connectivity index (χ4n) is 1.96. The zero-order valence-corrected chi connectivity index (χ0v) is 14.2. The van der Waals surface area contributed by atoms with E-state index in [1.54, 1.807) is 4.90 Å².